The molecule has 0 aliphatic rings. The Morgan fingerprint density at radius 2 is 1.00 bits per heavy atom. The summed E-state index contributed by atoms with van der Waals surface area (Å²) in [4.78, 5) is 5.25. The predicted molar refractivity (Wildman–Crippen MR) is 115 cm³/mol. The van der Waals surface area contributed by atoms with Crippen LogP contribution < -0.4 is 9.80 Å². The quantitative estimate of drug-likeness (QED) is 0.368. The first-order valence-electron chi connectivity index (χ1n) is 8.41. The first-order valence-corrected chi connectivity index (χ1v) is 9.22. The zero-order valence-corrected chi connectivity index (χ0v) is 19.3. The first-order chi connectivity index (χ1) is 12.5. The molecule has 148 valence electrons. The number of nitrogens with zero attached hydrogens (tertiary/aromatic N) is 2. The number of hydrogen-bond acceptors (Lipinski definition) is 6. The number of aliphatic hydroxyl groups is 2. The molecule has 0 saturated heterocycles. The average Bonchev–Trinajstić information content (AvgIpc) is 2.67. The van der Waals surface area contributed by atoms with Crippen molar-refractivity contribution in [2.75, 3.05) is 50.2 Å². The van der Waals surface area contributed by atoms with Gasteiger partial charge in [-0.25, -0.2) is 0 Å². The molecule has 0 fully saturated rings. The number of rotatable bonds is 8. The first kappa shape index (κ1) is 23.9. The van der Waals surface area contributed by atoms with Gasteiger partial charge in [0.05, 0.1) is 13.2 Å². The van der Waals surface area contributed by atoms with E-state index >= 15 is 0 Å². The van der Waals surface area contributed by atoms with Crippen LogP contribution in [0.15, 0.2) is 48.5 Å². The molecule has 27 heavy (non-hydrogen) atoms. The molecule has 0 aromatic heterocycles. The number of likely N-dealkylation sites (N-methyl/N-ethyl adjacent to an activating group) is 2. The van der Waals surface area contributed by atoms with Gasteiger partial charge in [-0.1, -0.05) is 24.3 Å². The van der Waals surface area contributed by atoms with Gasteiger partial charge < -0.3 is 45.3 Å². The summed E-state index contributed by atoms with van der Waals surface area (Å²) in [6.07, 6.45) is 0. The third-order valence-corrected chi connectivity index (χ3v) is 5.23. The molecule has 0 heterocycles. The summed E-state index contributed by atoms with van der Waals surface area (Å²) in [5.41, 5.74) is 3.86. The summed E-state index contributed by atoms with van der Waals surface area (Å²) in [5.74, 6) is 0. The second kappa shape index (κ2) is 11.6. The van der Waals surface area contributed by atoms with Crippen molar-refractivity contribution in [3.63, 3.8) is 0 Å². The number of aliphatic hydroxyl groups excluding tert-OH is 2. The number of anilines is 2. The van der Waals surface area contributed by atoms with Gasteiger partial charge >= 0.3 is 21.1 Å². The maximum atomic E-state index is 9.03. The third-order valence-electron chi connectivity index (χ3n) is 4.22. The normalized spacial score (nSPS) is 11.4. The Balaban J connectivity index is 0.00000364. The summed E-state index contributed by atoms with van der Waals surface area (Å²) in [7, 11) is 3.87. The summed E-state index contributed by atoms with van der Waals surface area (Å²) < 4.78 is 0. The van der Waals surface area contributed by atoms with E-state index < -0.39 is 0 Å². The molecule has 2 rings (SSSR count). The molecule has 0 atom stereocenters. The summed E-state index contributed by atoms with van der Waals surface area (Å²) in [6, 6.07) is 15.8. The van der Waals surface area contributed by atoms with Crippen LogP contribution in [-0.4, -0.2) is 50.6 Å². The zero-order valence-electron chi connectivity index (χ0n) is 15.4. The molecule has 7 heteroatoms. The molecule has 0 aliphatic heterocycles. The smallest absolute Gasteiger partial charge is 0.781 e. The fourth-order valence-corrected chi connectivity index (χ4v) is 3.06. The van der Waals surface area contributed by atoms with E-state index in [0.29, 0.717) is 22.9 Å². The predicted octanol–water partition coefficient (Wildman–Crippen LogP) is 2.46. The van der Waals surface area contributed by atoms with Crippen molar-refractivity contribution in [2.24, 2.45) is 0 Å². The zero-order chi connectivity index (χ0) is 19.1. The fourth-order valence-electron chi connectivity index (χ4n) is 2.55. The van der Waals surface area contributed by atoms with Gasteiger partial charge in [-0.2, -0.15) is 9.81 Å². The van der Waals surface area contributed by atoms with Gasteiger partial charge in [0.15, 0.2) is 0 Å². The Morgan fingerprint density at radius 1 is 0.704 bits per heavy atom. The van der Waals surface area contributed by atoms with Crippen molar-refractivity contribution in [3.8, 4) is 0 Å². The maximum Gasteiger partial charge on any atom is 2.00 e. The van der Waals surface area contributed by atoms with Crippen LogP contribution in [0, 0.1) is 0 Å². The molecule has 2 aromatic carbocycles. The van der Waals surface area contributed by atoms with Crippen LogP contribution >= 0.6 is 0 Å². The van der Waals surface area contributed by atoms with E-state index in [0.717, 1.165) is 22.5 Å². The average molecular weight is 584 g/mol. The minimum Gasteiger partial charge on any atom is -0.781 e. The van der Waals surface area contributed by atoms with Crippen LogP contribution in [0.5, 0.6) is 0 Å². The molecule has 0 unspecified atom stereocenters. The Kier molecular flexibility index (Phi) is 10.3. The summed E-state index contributed by atoms with van der Waals surface area (Å²) >= 11 is 11.1. The fraction of sp³-hybridized carbons (Fsp3) is 0.300. The number of benzene rings is 2. The van der Waals surface area contributed by atoms with E-state index in [4.69, 9.17) is 35.5 Å². The molecule has 0 spiro atoms. The van der Waals surface area contributed by atoms with Crippen molar-refractivity contribution in [1.29, 1.82) is 0 Å². The topological polar surface area (TPSA) is 46.9 Å². The molecule has 0 bridgehead atoms. The van der Waals surface area contributed by atoms with E-state index in [2.05, 4.69) is 0 Å². The number of hydrogen-bond donors (Lipinski definition) is 2. The SMILES string of the molecule is CN(CCO)c1ccc(/C([S-])=C(/[S-])c2ccc(N(C)CCO)cc2)cc1.[Pt+2]. The standard InChI is InChI=1S/C20H26N2O2S2.Pt/c1-21(11-13-23)17-7-3-15(4-8-17)19(25)20(26)16-5-9-18(10-6-16)22(2)12-14-24;/h3-10,23-26H,11-14H2,1-2H3;/q;+2/p-2/b20-19-;. The molecular weight excluding hydrogens is 559 g/mol. The largest absolute Gasteiger partial charge is 2.00 e. The van der Waals surface area contributed by atoms with Crippen LogP contribution in [0.2, 0.25) is 0 Å². The van der Waals surface area contributed by atoms with E-state index in [9.17, 15) is 0 Å². The van der Waals surface area contributed by atoms with Gasteiger partial charge in [-0.15, -0.1) is 0 Å². The Labute approximate surface area is 187 Å². The molecule has 0 aliphatic carbocycles. The molecule has 2 N–H and O–H groups in total. The Morgan fingerprint density at radius 3 is 1.26 bits per heavy atom. The monoisotopic (exact) mass is 583 g/mol. The molecule has 2 aromatic rings. The van der Waals surface area contributed by atoms with Crippen LogP contribution in [0.3, 0.4) is 0 Å². The maximum absolute atomic E-state index is 9.03. The van der Waals surface area contributed by atoms with Gasteiger partial charge in [0.1, 0.15) is 0 Å². The van der Waals surface area contributed by atoms with Crippen molar-refractivity contribution < 1.29 is 31.3 Å². The molecule has 0 saturated carbocycles. The van der Waals surface area contributed by atoms with E-state index in [1.165, 1.54) is 0 Å². The Bertz CT molecular complexity index is 673. The minimum atomic E-state index is 0. The summed E-state index contributed by atoms with van der Waals surface area (Å²) in [5, 5.41) is 18.1. The van der Waals surface area contributed by atoms with Crippen molar-refractivity contribution >= 4 is 46.4 Å². The second-order valence-electron chi connectivity index (χ2n) is 6.04. The van der Waals surface area contributed by atoms with Gasteiger partial charge in [0.25, 0.3) is 0 Å². The molecule has 4 nitrogen and oxygen atoms in total. The van der Waals surface area contributed by atoms with E-state index in [1.54, 1.807) is 0 Å². The van der Waals surface area contributed by atoms with Crippen LogP contribution in [0.1, 0.15) is 11.1 Å². The van der Waals surface area contributed by atoms with Gasteiger partial charge in [0.2, 0.25) is 0 Å². The van der Waals surface area contributed by atoms with Crippen LogP contribution in [0.4, 0.5) is 11.4 Å². The summed E-state index contributed by atoms with van der Waals surface area (Å²) in [6.45, 7) is 1.40. The van der Waals surface area contributed by atoms with Gasteiger partial charge in [-0.05, 0) is 35.4 Å². The van der Waals surface area contributed by atoms with Crippen LogP contribution in [-0.2, 0) is 46.3 Å². The van der Waals surface area contributed by atoms with Crippen molar-refractivity contribution in [3.05, 3.63) is 59.7 Å². The molecular formula is C20H24N2O2PtS2. The molecule has 0 amide bonds. The van der Waals surface area contributed by atoms with Crippen LogP contribution in [0.25, 0.3) is 9.81 Å². The van der Waals surface area contributed by atoms with Gasteiger partial charge in [-0.3, -0.25) is 0 Å². The van der Waals surface area contributed by atoms with Crippen molar-refractivity contribution in [2.45, 2.75) is 0 Å². The Hall–Kier alpha value is -1.17. The minimum absolute atomic E-state index is 0. The second-order valence-corrected chi connectivity index (χ2v) is 6.86. The molecule has 0 radical (unpaired) electrons. The van der Waals surface area contributed by atoms with E-state index in [1.807, 2.05) is 72.4 Å². The third kappa shape index (κ3) is 6.44. The van der Waals surface area contributed by atoms with Gasteiger partial charge in [0, 0.05) is 38.6 Å². The van der Waals surface area contributed by atoms with E-state index in [-0.39, 0.29) is 34.3 Å². The van der Waals surface area contributed by atoms with Crippen molar-refractivity contribution in [1.82, 2.24) is 0 Å².